The van der Waals surface area contributed by atoms with E-state index in [-0.39, 0.29) is 18.4 Å². The molecule has 4 rings (SSSR count). The number of benzene rings is 2. The SMILES string of the molecule is Cc1ccc(C(=O)N2CCN(CC(=O)Nc3ccc(N=Nc4ccccc4)cc3)CC2)o1. The fraction of sp³-hybridized carbons (Fsp3) is 0.250. The lowest BCUT2D eigenvalue weighted by Crippen LogP contribution is -2.50. The number of rotatable bonds is 6. The van der Waals surface area contributed by atoms with Crippen LogP contribution < -0.4 is 5.32 Å². The molecule has 1 aromatic heterocycles. The number of hydrogen-bond donors (Lipinski definition) is 1. The van der Waals surface area contributed by atoms with Gasteiger partial charge in [-0.3, -0.25) is 14.5 Å². The van der Waals surface area contributed by atoms with Gasteiger partial charge in [-0.05, 0) is 55.5 Å². The molecule has 8 nitrogen and oxygen atoms in total. The van der Waals surface area contributed by atoms with Gasteiger partial charge in [0.1, 0.15) is 5.76 Å². The number of azo groups is 1. The van der Waals surface area contributed by atoms with E-state index in [0.29, 0.717) is 43.3 Å². The minimum absolute atomic E-state index is 0.0925. The van der Waals surface area contributed by atoms with Crippen LogP contribution in [-0.4, -0.2) is 54.3 Å². The quantitative estimate of drug-likeness (QED) is 0.586. The Morgan fingerprint density at radius 3 is 2.16 bits per heavy atom. The number of hydrogen-bond acceptors (Lipinski definition) is 6. The van der Waals surface area contributed by atoms with Gasteiger partial charge < -0.3 is 14.6 Å². The summed E-state index contributed by atoms with van der Waals surface area (Å²) in [5, 5.41) is 11.3. The van der Waals surface area contributed by atoms with Crippen LogP contribution >= 0.6 is 0 Å². The first-order chi connectivity index (χ1) is 15.6. The number of furan rings is 1. The van der Waals surface area contributed by atoms with Crippen LogP contribution in [-0.2, 0) is 4.79 Å². The van der Waals surface area contributed by atoms with Crippen molar-refractivity contribution in [3.8, 4) is 0 Å². The maximum atomic E-state index is 12.5. The number of nitrogens with zero attached hydrogens (tertiary/aromatic N) is 4. The molecule has 1 fully saturated rings. The number of nitrogens with one attached hydrogen (secondary N) is 1. The molecule has 1 N–H and O–H groups in total. The third kappa shape index (κ3) is 5.67. The van der Waals surface area contributed by atoms with Gasteiger partial charge in [-0.25, -0.2) is 0 Å². The van der Waals surface area contributed by atoms with E-state index in [0.717, 1.165) is 11.4 Å². The largest absolute Gasteiger partial charge is 0.456 e. The summed E-state index contributed by atoms with van der Waals surface area (Å²) >= 11 is 0. The van der Waals surface area contributed by atoms with E-state index in [4.69, 9.17) is 4.42 Å². The lowest BCUT2D eigenvalue weighted by molar-refractivity contribution is -0.117. The average Bonchev–Trinajstić information content (AvgIpc) is 3.25. The Balaban J connectivity index is 1.23. The Morgan fingerprint density at radius 2 is 1.53 bits per heavy atom. The van der Waals surface area contributed by atoms with Crippen LogP contribution in [0.1, 0.15) is 16.3 Å². The summed E-state index contributed by atoms with van der Waals surface area (Å²) in [5.74, 6) is 0.883. The topological polar surface area (TPSA) is 90.5 Å². The Kier molecular flexibility index (Phi) is 6.72. The molecule has 0 radical (unpaired) electrons. The summed E-state index contributed by atoms with van der Waals surface area (Å²) in [5.41, 5.74) is 2.20. The molecule has 1 aliphatic rings. The Hall–Kier alpha value is -3.78. The second-order valence-electron chi connectivity index (χ2n) is 7.61. The van der Waals surface area contributed by atoms with Gasteiger partial charge in [0.05, 0.1) is 17.9 Å². The molecule has 164 valence electrons. The zero-order valence-electron chi connectivity index (χ0n) is 17.9. The highest BCUT2D eigenvalue weighted by atomic mass is 16.3. The highest BCUT2D eigenvalue weighted by Crippen LogP contribution is 2.20. The molecule has 0 spiro atoms. The number of carbonyl (C=O) groups is 2. The van der Waals surface area contributed by atoms with Gasteiger partial charge >= 0.3 is 0 Å². The molecule has 0 atom stereocenters. The molecule has 1 aliphatic heterocycles. The second-order valence-corrected chi connectivity index (χ2v) is 7.61. The van der Waals surface area contributed by atoms with Crippen molar-refractivity contribution in [3.05, 3.63) is 78.3 Å². The Morgan fingerprint density at radius 1 is 0.875 bits per heavy atom. The van der Waals surface area contributed by atoms with Gasteiger partial charge in [0.2, 0.25) is 5.91 Å². The third-order valence-electron chi connectivity index (χ3n) is 5.17. The Labute approximate surface area is 186 Å². The zero-order valence-corrected chi connectivity index (χ0v) is 17.9. The average molecular weight is 431 g/mol. The molecule has 2 amide bonds. The van der Waals surface area contributed by atoms with E-state index in [2.05, 4.69) is 15.5 Å². The van der Waals surface area contributed by atoms with Crippen molar-refractivity contribution in [1.29, 1.82) is 0 Å². The fourth-order valence-corrected chi connectivity index (χ4v) is 3.44. The molecule has 32 heavy (non-hydrogen) atoms. The summed E-state index contributed by atoms with van der Waals surface area (Å²) in [4.78, 5) is 28.7. The summed E-state index contributed by atoms with van der Waals surface area (Å²) < 4.78 is 5.42. The summed E-state index contributed by atoms with van der Waals surface area (Å²) in [7, 11) is 0. The maximum Gasteiger partial charge on any atom is 0.289 e. The van der Waals surface area contributed by atoms with E-state index in [9.17, 15) is 9.59 Å². The Bertz CT molecular complexity index is 1080. The number of aryl methyl sites for hydroxylation is 1. The number of carbonyl (C=O) groups excluding carboxylic acids is 2. The minimum atomic E-state index is -0.105. The van der Waals surface area contributed by atoms with Gasteiger partial charge in [-0.1, -0.05) is 18.2 Å². The molecule has 0 bridgehead atoms. The highest BCUT2D eigenvalue weighted by Gasteiger charge is 2.24. The molecule has 3 aromatic rings. The summed E-state index contributed by atoms with van der Waals surface area (Å²) in [6.07, 6.45) is 0. The summed E-state index contributed by atoms with van der Waals surface area (Å²) in [6.45, 7) is 4.49. The van der Waals surface area contributed by atoms with Crippen molar-refractivity contribution in [2.75, 3.05) is 38.0 Å². The minimum Gasteiger partial charge on any atom is -0.456 e. The monoisotopic (exact) mass is 431 g/mol. The van der Waals surface area contributed by atoms with E-state index in [1.165, 1.54) is 0 Å². The molecule has 8 heteroatoms. The lowest BCUT2D eigenvalue weighted by atomic mass is 10.2. The predicted octanol–water partition coefficient (Wildman–Crippen LogP) is 4.40. The molecule has 2 aromatic carbocycles. The summed E-state index contributed by atoms with van der Waals surface area (Å²) in [6, 6.07) is 20.2. The van der Waals surface area contributed by atoms with Crippen molar-refractivity contribution in [2.45, 2.75) is 6.92 Å². The van der Waals surface area contributed by atoms with Crippen molar-refractivity contribution >= 4 is 28.9 Å². The first-order valence-corrected chi connectivity index (χ1v) is 10.5. The van der Waals surface area contributed by atoms with Crippen LogP contribution in [0.2, 0.25) is 0 Å². The van der Waals surface area contributed by atoms with Crippen molar-refractivity contribution in [1.82, 2.24) is 9.80 Å². The zero-order chi connectivity index (χ0) is 22.3. The van der Waals surface area contributed by atoms with Crippen molar-refractivity contribution < 1.29 is 14.0 Å². The first-order valence-electron chi connectivity index (χ1n) is 10.5. The molecular formula is C24H25N5O3. The molecule has 2 heterocycles. The van der Waals surface area contributed by atoms with Crippen LogP contribution in [0.15, 0.2) is 81.4 Å². The molecular weight excluding hydrogens is 406 g/mol. The van der Waals surface area contributed by atoms with Gasteiger partial charge in [-0.2, -0.15) is 10.2 Å². The third-order valence-corrected chi connectivity index (χ3v) is 5.17. The maximum absolute atomic E-state index is 12.5. The van der Waals surface area contributed by atoms with Crippen LogP contribution in [0.4, 0.5) is 17.1 Å². The van der Waals surface area contributed by atoms with E-state index < -0.39 is 0 Å². The number of piperazine rings is 1. The smallest absolute Gasteiger partial charge is 0.289 e. The van der Waals surface area contributed by atoms with Gasteiger partial charge in [0.25, 0.3) is 5.91 Å². The van der Waals surface area contributed by atoms with E-state index in [1.807, 2.05) is 54.3 Å². The fourth-order valence-electron chi connectivity index (χ4n) is 3.44. The van der Waals surface area contributed by atoms with Crippen molar-refractivity contribution in [3.63, 3.8) is 0 Å². The second kappa shape index (κ2) is 10.0. The molecule has 0 saturated carbocycles. The van der Waals surface area contributed by atoms with Crippen LogP contribution in [0.25, 0.3) is 0 Å². The first kappa shape index (κ1) is 21.5. The van der Waals surface area contributed by atoms with Gasteiger partial charge in [-0.15, -0.1) is 0 Å². The molecule has 0 aliphatic carbocycles. The van der Waals surface area contributed by atoms with Crippen LogP contribution in [0.5, 0.6) is 0 Å². The van der Waals surface area contributed by atoms with E-state index in [1.54, 1.807) is 29.2 Å². The highest BCUT2D eigenvalue weighted by molar-refractivity contribution is 5.93. The predicted molar refractivity (Wildman–Crippen MR) is 121 cm³/mol. The molecule has 1 saturated heterocycles. The number of amides is 2. The standard InChI is InChI=1S/C24H25N5O3/c1-18-7-12-22(32-18)24(31)29-15-13-28(14-16-29)17-23(30)25-19-8-10-21(11-9-19)27-26-20-5-3-2-4-6-20/h2-12H,13-17H2,1H3,(H,25,30). The van der Waals surface area contributed by atoms with Gasteiger partial charge in [0.15, 0.2) is 5.76 Å². The van der Waals surface area contributed by atoms with Gasteiger partial charge in [0, 0.05) is 31.9 Å². The van der Waals surface area contributed by atoms with Crippen molar-refractivity contribution in [2.24, 2.45) is 10.2 Å². The molecule has 0 unspecified atom stereocenters. The number of anilines is 1. The normalized spacial score (nSPS) is 14.6. The van der Waals surface area contributed by atoms with Crippen LogP contribution in [0, 0.1) is 6.92 Å². The van der Waals surface area contributed by atoms with E-state index >= 15 is 0 Å². The van der Waals surface area contributed by atoms with Crippen LogP contribution in [0.3, 0.4) is 0 Å². The lowest BCUT2D eigenvalue weighted by Gasteiger charge is -2.33.